The Kier molecular flexibility index (Phi) is 5.26. The van der Waals surface area contributed by atoms with Crippen LogP contribution < -0.4 is 4.74 Å². The number of nitro groups is 1. The zero-order valence-corrected chi connectivity index (χ0v) is 13.4. The number of nitriles is 1. The summed E-state index contributed by atoms with van der Waals surface area (Å²) in [5.74, 6) is -1.33. The van der Waals surface area contributed by atoms with Crippen molar-refractivity contribution in [3.8, 4) is 11.8 Å². The summed E-state index contributed by atoms with van der Waals surface area (Å²) < 4.78 is 5.27. The van der Waals surface area contributed by atoms with E-state index in [0.29, 0.717) is 5.01 Å². The molecule has 0 aliphatic heterocycles. The molecule has 118 valence electrons. The third kappa shape index (κ3) is 4.03. The van der Waals surface area contributed by atoms with Crippen molar-refractivity contribution in [1.29, 1.82) is 5.26 Å². The normalized spacial score (nSPS) is 11.5. The van der Waals surface area contributed by atoms with E-state index in [0.717, 1.165) is 11.8 Å². The molecule has 0 saturated heterocycles. The fourth-order valence-electron chi connectivity index (χ4n) is 1.72. The number of non-ortho nitro benzene ring substituents is 1. The first-order chi connectivity index (χ1) is 10.9. The highest BCUT2D eigenvalue weighted by atomic mass is 35.5. The number of benzene rings is 1. The van der Waals surface area contributed by atoms with Crippen molar-refractivity contribution in [1.82, 2.24) is 4.98 Å². The standard InChI is InChI=1S/C14H10ClN3O4S/c1-8-7-23-14(17-8)10(5-16)12(19)6-22-13-3-2-9(18(20)21)4-11(13)15/h2-4,7,10H,6H2,1H3/t10-/m1/s1. The Morgan fingerprint density at radius 3 is 2.87 bits per heavy atom. The molecule has 0 N–H and O–H groups in total. The second-order valence-corrected chi connectivity index (χ2v) is 5.81. The molecule has 0 unspecified atom stereocenters. The van der Waals surface area contributed by atoms with Crippen LogP contribution >= 0.6 is 22.9 Å². The Morgan fingerprint density at radius 2 is 2.35 bits per heavy atom. The first kappa shape index (κ1) is 16.9. The zero-order valence-electron chi connectivity index (χ0n) is 11.9. The van der Waals surface area contributed by atoms with Crippen LogP contribution in [-0.2, 0) is 4.79 Å². The molecule has 0 aliphatic carbocycles. The van der Waals surface area contributed by atoms with E-state index in [1.807, 2.05) is 6.07 Å². The SMILES string of the molecule is Cc1csc([C@H](C#N)C(=O)COc2ccc([N+](=O)[O-])cc2Cl)n1. The molecule has 0 spiro atoms. The van der Waals surface area contributed by atoms with Gasteiger partial charge in [0.15, 0.2) is 11.7 Å². The lowest BCUT2D eigenvalue weighted by Crippen LogP contribution is -2.19. The highest BCUT2D eigenvalue weighted by Gasteiger charge is 2.24. The summed E-state index contributed by atoms with van der Waals surface area (Å²) in [4.78, 5) is 26.3. The molecular weight excluding hydrogens is 342 g/mol. The number of carbonyl (C=O) groups excluding carboxylic acids is 1. The van der Waals surface area contributed by atoms with Gasteiger partial charge in [-0.2, -0.15) is 5.26 Å². The topological polar surface area (TPSA) is 106 Å². The number of Topliss-reactive ketones (excluding diaryl/α,β-unsaturated/α-hetero) is 1. The number of ether oxygens (including phenoxy) is 1. The second-order valence-electron chi connectivity index (χ2n) is 4.52. The lowest BCUT2D eigenvalue weighted by molar-refractivity contribution is -0.384. The molecule has 0 bridgehead atoms. The number of hydrogen-bond donors (Lipinski definition) is 0. The fourth-order valence-corrected chi connectivity index (χ4v) is 2.81. The van der Waals surface area contributed by atoms with Gasteiger partial charge >= 0.3 is 0 Å². The van der Waals surface area contributed by atoms with Gasteiger partial charge in [0.2, 0.25) is 0 Å². The third-order valence-electron chi connectivity index (χ3n) is 2.83. The molecule has 0 saturated carbocycles. The molecular formula is C14H10ClN3O4S. The summed E-state index contributed by atoms with van der Waals surface area (Å²) in [6, 6.07) is 5.56. The minimum absolute atomic E-state index is 0.0191. The largest absolute Gasteiger partial charge is 0.484 e. The maximum atomic E-state index is 12.1. The molecule has 2 aromatic rings. The van der Waals surface area contributed by atoms with Gasteiger partial charge in [-0.05, 0) is 13.0 Å². The summed E-state index contributed by atoms with van der Waals surface area (Å²) in [5, 5.41) is 22.0. The van der Waals surface area contributed by atoms with Crippen LogP contribution in [0.2, 0.25) is 5.02 Å². The van der Waals surface area contributed by atoms with Crippen molar-refractivity contribution < 1.29 is 14.5 Å². The smallest absolute Gasteiger partial charge is 0.271 e. The lowest BCUT2D eigenvalue weighted by Gasteiger charge is -2.09. The van der Waals surface area contributed by atoms with Gasteiger partial charge in [0.05, 0.1) is 16.0 Å². The van der Waals surface area contributed by atoms with Crippen LogP contribution in [0.5, 0.6) is 5.75 Å². The van der Waals surface area contributed by atoms with E-state index in [1.165, 1.54) is 23.5 Å². The predicted octanol–water partition coefficient (Wildman–Crippen LogP) is 3.27. The third-order valence-corrected chi connectivity index (χ3v) is 4.15. The van der Waals surface area contributed by atoms with Crippen molar-refractivity contribution in [2.45, 2.75) is 12.8 Å². The van der Waals surface area contributed by atoms with Crippen molar-refractivity contribution >= 4 is 34.4 Å². The molecule has 2 rings (SSSR count). The quantitative estimate of drug-likeness (QED) is 0.584. The molecule has 1 aromatic carbocycles. The minimum Gasteiger partial charge on any atom is -0.484 e. The molecule has 1 heterocycles. The van der Waals surface area contributed by atoms with Crippen LogP contribution in [0.3, 0.4) is 0 Å². The number of rotatable bonds is 6. The molecule has 7 nitrogen and oxygen atoms in total. The Hall–Kier alpha value is -2.50. The molecule has 0 radical (unpaired) electrons. The van der Waals surface area contributed by atoms with Crippen LogP contribution in [-0.4, -0.2) is 22.3 Å². The number of halogens is 1. The van der Waals surface area contributed by atoms with E-state index in [2.05, 4.69) is 4.98 Å². The number of ketones is 1. The summed E-state index contributed by atoms with van der Waals surface area (Å²) in [7, 11) is 0. The molecule has 1 atom stereocenters. The summed E-state index contributed by atoms with van der Waals surface area (Å²) in [6.45, 7) is 1.39. The second kappa shape index (κ2) is 7.17. The highest BCUT2D eigenvalue weighted by Crippen LogP contribution is 2.29. The Labute approximate surface area is 140 Å². The summed E-state index contributed by atoms with van der Waals surface area (Å²) >= 11 is 7.10. The van der Waals surface area contributed by atoms with Crippen molar-refractivity contribution in [2.24, 2.45) is 0 Å². The Morgan fingerprint density at radius 1 is 1.61 bits per heavy atom. The molecule has 1 aromatic heterocycles. The van der Waals surface area contributed by atoms with Crippen LogP contribution in [0.1, 0.15) is 16.6 Å². The summed E-state index contributed by atoms with van der Waals surface area (Å²) in [5.41, 5.74) is 0.555. The number of carbonyl (C=O) groups is 1. The predicted molar refractivity (Wildman–Crippen MR) is 83.8 cm³/mol. The van der Waals surface area contributed by atoms with E-state index in [1.54, 1.807) is 12.3 Å². The van der Waals surface area contributed by atoms with Crippen molar-refractivity contribution in [2.75, 3.05) is 6.61 Å². The Balaban J connectivity index is 2.06. The van der Waals surface area contributed by atoms with Gasteiger partial charge < -0.3 is 4.74 Å². The number of aryl methyl sites for hydroxylation is 1. The first-order valence-electron chi connectivity index (χ1n) is 6.33. The van der Waals surface area contributed by atoms with E-state index >= 15 is 0 Å². The van der Waals surface area contributed by atoms with Crippen LogP contribution in [0.4, 0.5) is 5.69 Å². The van der Waals surface area contributed by atoms with Gasteiger partial charge in [-0.3, -0.25) is 14.9 Å². The van der Waals surface area contributed by atoms with Gasteiger partial charge in [-0.1, -0.05) is 11.6 Å². The average molecular weight is 352 g/mol. The maximum Gasteiger partial charge on any atom is 0.271 e. The zero-order chi connectivity index (χ0) is 17.0. The van der Waals surface area contributed by atoms with Crippen molar-refractivity contribution in [3.63, 3.8) is 0 Å². The van der Waals surface area contributed by atoms with Gasteiger partial charge in [-0.15, -0.1) is 11.3 Å². The first-order valence-corrected chi connectivity index (χ1v) is 7.59. The molecule has 0 aliphatic rings. The molecule has 0 fully saturated rings. The van der Waals surface area contributed by atoms with Crippen LogP contribution in [0, 0.1) is 28.4 Å². The van der Waals surface area contributed by atoms with E-state index in [4.69, 9.17) is 21.6 Å². The molecule has 0 amide bonds. The number of nitro benzene ring substituents is 1. The van der Waals surface area contributed by atoms with Crippen molar-refractivity contribution in [3.05, 3.63) is 49.4 Å². The average Bonchev–Trinajstić information content (AvgIpc) is 2.92. The molecule has 23 heavy (non-hydrogen) atoms. The van der Waals surface area contributed by atoms with Gasteiger partial charge in [0.25, 0.3) is 5.69 Å². The van der Waals surface area contributed by atoms with Crippen LogP contribution in [0.25, 0.3) is 0 Å². The lowest BCUT2D eigenvalue weighted by atomic mass is 10.1. The monoisotopic (exact) mass is 351 g/mol. The highest BCUT2D eigenvalue weighted by molar-refractivity contribution is 7.09. The fraction of sp³-hybridized carbons (Fsp3) is 0.214. The van der Waals surface area contributed by atoms with Gasteiger partial charge in [0, 0.05) is 23.2 Å². The number of nitrogens with zero attached hydrogens (tertiary/aromatic N) is 3. The van der Waals surface area contributed by atoms with E-state index < -0.39 is 16.6 Å². The van der Waals surface area contributed by atoms with E-state index in [9.17, 15) is 14.9 Å². The number of thiazole rings is 1. The minimum atomic E-state index is -1.01. The van der Waals surface area contributed by atoms with Gasteiger partial charge in [0.1, 0.15) is 17.4 Å². The Bertz CT molecular complexity index is 800. The number of aromatic nitrogens is 1. The van der Waals surface area contributed by atoms with E-state index in [-0.39, 0.29) is 23.1 Å². The van der Waals surface area contributed by atoms with Gasteiger partial charge in [-0.25, -0.2) is 4.98 Å². The number of hydrogen-bond acceptors (Lipinski definition) is 7. The van der Waals surface area contributed by atoms with Crippen LogP contribution in [0.15, 0.2) is 23.6 Å². The summed E-state index contributed by atoms with van der Waals surface area (Å²) in [6.07, 6.45) is 0. The maximum absolute atomic E-state index is 12.1. The molecule has 9 heteroatoms.